The van der Waals surface area contributed by atoms with Crippen molar-refractivity contribution in [1.82, 2.24) is 8.61 Å². The molecule has 1 saturated carbocycles. The minimum absolute atomic E-state index is 0.00115. The van der Waals surface area contributed by atoms with E-state index in [9.17, 15) is 21.6 Å². The maximum Gasteiger partial charge on any atom is 0.243 e. The molecule has 0 radical (unpaired) electrons. The molecule has 1 N–H and O–H groups in total. The van der Waals surface area contributed by atoms with Gasteiger partial charge in [-0.1, -0.05) is 18.2 Å². The molecule has 29 heavy (non-hydrogen) atoms. The monoisotopic (exact) mass is 437 g/mol. The van der Waals surface area contributed by atoms with Gasteiger partial charge >= 0.3 is 0 Å². The number of nitrogens with zero attached hydrogens (tertiary/aromatic N) is 2. The van der Waals surface area contributed by atoms with Crippen LogP contribution in [0.15, 0.2) is 64.4 Å². The molecule has 1 aliphatic rings. The van der Waals surface area contributed by atoms with Gasteiger partial charge in [0.15, 0.2) is 0 Å². The summed E-state index contributed by atoms with van der Waals surface area (Å²) < 4.78 is 52.8. The van der Waals surface area contributed by atoms with Crippen LogP contribution >= 0.6 is 0 Å². The van der Waals surface area contributed by atoms with Gasteiger partial charge in [-0.2, -0.15) is 4.31 Å². The van der Waals surface area contributed by atoms with E-state index in [1.54, 1.807) is 24.3 Å². The summed E-state index contributed by atoms with van der Waals surface area (Å²) in [6.45, 7) is -0.306. The third-order valence-electron chi connectivity index (χ3n) is 4.52. The molecule has 0 atom stereocenters. The molecule has 156 valence electrons. The second-order valence-corrected chi connectivity index (χ2v) is 11.0. The summed E-state index contributed by atoms with van der Waals surface area (Å²) in [5.74, 6) is -0.432. The van der Waals surface area contributed by atoms with Crippen LogP contribution in [0, 0.1) is 0 Å². The highest BCUT2D eigenvalue weighted by Crippen LogP contribution is 2.32. The van der Waals surface area contributed by atoms with E-state index >= 15 is 0 Å². The van der Waals surface area contributed by atoms with Gasteiger partial charge in [0.25, 0.3) is 0 Å². The van der Waals surface area contributed by atoms with Gasteiger partial charge < -0.3 is 5.32 Å². The fraction of sp³-hybridized carbons (Fsp3) is 0.316. The molecule has 0 aliphatic heterocycles. The minimum atomic E-state index is -3.94. The Kier molecular flexibility index (Phi) is 6.08. The Morgan fingerprint density at radius 2 is 1.41 bits per heavy atom. The van der Waals surface area contributed by atoms with Crippen molar-refractivity contribution in [3.63, 3.8) is 0 Å². The molecule has 0 heterocycles. The molecule has 0 saturated heterocycles. The first-order valence-corrected chi connectivity index (χ1v) is 11.9. The molecule has 0 unspecified atom stereocenters. The van der Waals surface area contributed by atoms with Gasteiger partial charge in [0.05, 0.1) is 16.3 Å². The highest BCUT2D eigenvalue weighted by molar-refractivity contribution is 7.89. The van der Waals surface area contributed by atoms with Crippen molar-refractivity contribution >= 4 is 31.6 Å². The number of anilines is 1. The molecule has 1 fully saturated rings. The van der Waals surface area contributed by atoms with E-state index in [0.29, 0.717) is 18.5 Å². The summed E-state index contributed by atoms with van der Waals surface area (Å²) in [5.41, 5.74) is 0.587. The summed E-state index contributed by atoms with van der Waals surface area (Å²) in [6.07, 6.45) is 1.37. The third kappa shape index (κ3) is 4.84. The van der Waals surface area contributed by atoms with Crippen molar-refractivity contribution in [3.05, 3.63) is 54.6 Å². The minimum Gasteiger partial charge on any atom is -0.325 e. The van der Waals surface area contributed by atoms with Gasteiger partial charge in [-0.25, -0.2) is 21.1 Å². The maximum atomic E-state index is 13.1. The van der Waals surface area contributed by atoms with Gasteiger partial charge in [-0.05, 0) is 49.2 Å². The number of rotatable bonds is 8. The lowest BCUT2D eigenvalue weighted by Crippen LogP contribution is -2.39. The summed E-state index contributed by atoms with van der Waals surface area (Å²) >= 11 is 0. The number of para-hydroxylation sites is 1. The fourth-order valence-electron chi connectivity index (χ4n) is 2.77. The van der Waals surface area contributed by atoms with Crippen LogP contribution in [0.3, 0.4) is 0 Å². The first kappa shape index (κ1) is 21.4. The van der Waals surface area contributed by atoms with Crippen LogP contribution in [-0.4, -0.2) is 58.0 Å². The van der Waals surface area contributed by atoms with E-state index in [1.165, 1.54) is 42.7 Å². The van der Waals surface area contributed by atoms with Crippen molar-refractivity contribution in [2.45, 2.75) is 28.7 Å². The standard InChI is InChI=1S/C19H23N3O5S2/c1-21(2)28(24,25)17-10-12-18(13-11-17)29(26,27)22(16-8-9-16)14-19(23)20-15-6-4-3-5-7-15/h3-7,10-13,16H,8-9,14H2,1-2H3,(H,20,23). The number of carbonyl (C=O) groups excluding carboxylic acids is 1. The number of nitrogens with one attached hydrogen (secondary N) is 1. The van der Waals surface area contributed by atoms with Crippen molar-refractivity contribution < 1.29 is 21.6 Å². The molecule has 3 rings (SSSR count). The lowest BCUT2D eigenvalue weighted by molar-refractivity contribution is -0.116. The highest BCUT2D eigenvalue weighted by Gasteiger charge is 2.39. The largest absolute Gasteiger partial charge is 0.325 e. The van der Waals surface area contributed by atoms with E-state index in [0.717, 1.165) is 4.31 Å². The Hall–Kier alpha value is -2.27. The van der Waals surface area contributed by atoms with Gasteiger partial charge in [-0.15, -0.1) is 0 Å². The quantitative estimate of drug-likeness (QED) is 0.677. The van der Waals surface area contributed by atoms with Gasteiger partial charge in [0.2, 0.25) is 26.0 Å². The Labute approximate surface area is 171 Å². The van der Waals surface area contributed by atoms with Gasteiger partial charge in [0.1, 0.15) is 0 Å². The normalized spacial score (nSPS) is 14.9. The molecular weight excluding hydrogens is 414 g/mol. The SMILES string of the molecule is CN(C)S(=O)(=O)c1ccc(S(=O)(=O)N(CC(=O)Nc2ccccc2)C2CC2)cc1. The average Bonchev–Trinajstić information content (AvgIpc) is 3.51. The molecule has 0 spiro atoms. The lowest BCUT2D eigenvalue weighted by Gasteiger charge is -2.21. The maximum absolute atomic E-state index is 13.1. The van der Waals surface area contributed by atoms with E-state index in [-0.39, 0.29) is 22.4 Å². The zero-order valence-corrected chi connectivity index (χ0v) is 17.8. The van der Waals surface area contributed by atoms with Crippen LogP contribution in [0.5, 0.6) is 0 Å². The van der Waals surface area contributed by atoms with Crippen molar-refractivity contribution in [3.8, 4) is 0 Å². The predicted molar refractivity (Wildman–Crippen MR) is 109 cm³/mol. The zero-order chi connectivity index (χ0) is 21.2. The number of hydrogen-bond donors (Lipinski definition) is 1. The first-order chi connectivity index (χ1) is 13.6. The van der Waals surface area contributed by atoms with Crippen molar-refractivity contribution in [2.24, 2.45) is 0 Å². The smallest absolute Gasteiger partial charge is 0.243 e. The van der Waals surface area contributed by atoms with Crippen molar-refractivity contribution in [1.29, 1.82) is 0 Å². The third-order valence-corrected chi connectivity index (χ3v) is 8.26. The van der Waals surface area contributed by atoms with Crippen LogP contribution in [-0.2, 0) is 24.8 Å². The molecule has 8 nitrogen and oxygen atoms in total. The number of carbonyl (C=O) groups is 1. The second-order valence-electron chi connectivity index (χ2n) is 6.95. The summed E-state index contributed by atoms with van der Waals surface area (Å²) in [5, 5.41) is 2.69. The van der Waals surface area contributed by atoms with Gasteiger partial charge in [-0.3, -0.25) is 4.79 Å². The molecule has 2 aromatic carbocycles. The van der Waals surface area contributed by atoms with E-state index in [1.807, 2.05) is 6.07 Å². The molecular formula is C19H23N3O5S2. The molecule has 2 aromatic rings. The summed E-state index contributed by atoms with van der Waals surface area (Å²) in [4.78, 5) is 12.3. The predicted octanol–water partition coefficient (Wildman–Crippen LogP) is 1.73. The molecule has 0 aromatic heterocycles. The molecule has 10 heteroatoms. The lowest BCUT2D eigenvalue weighted by atomic mass is 10.3. The highest BCUT2D eigenvalue weighted by atomic mass is 32.2. The number of hydrogen-bond acceptors (Lipinski definition) is 5. The number of sulfonamides is 2. The van der Waals surface area contributed by atoms with Crippen LogP contribution in [0.4, 0.5) is 5.69 Å². The summed E-state index contributed by atoms with van der Waals surface area (Å²) in [7, 11) is -4.79. The molecule has 1 amide bonds. The molecule has 1 aliphatic carbocycles. The van der Waals surface area contributed by atoms with E-state index < -0.39 is 26.0 Å². The second kappa shape index (κ2) is 8.23. The molecule has 0 bridgehead atoms. The van der Waals surface area contributed by atoms with Gasteiger partial charge in [0, 0.05) is 25.8 Å². The first-order valence-electron chi connectivity index (χ1n) is 9.02. The Morgan fingerprint density at radius 1 is 0.897 bits per heavy atom. The number of benzene rings is 2. The van der Waals surface area contributed by atoms with E-state index in [4.69, 9.17) is 0 Å². The number of amides is 1. The van der Waals surface area contributed by atoms with Crippen molar-refractivity contribution in [2.75, 3.05) is 26.0 Å². The average molecular weight is 438 g/mol. The van der Waals surface area contributed by atoms with Crippen LogP contribution in [0.2, 0.25) is 0 Å². The van der Waals surface area contributed by atoms with E-state index in [2.05, 4.69) is 5.32 Å². The fourth-order valence-corrected chi connectivity index (χ4v) is 5.31. The van der Waals surface area contributed by atoms with Crippen LogP contribution in [0.25, 0.3) is 0 Å². The summed E-state index contributed by atoms with van der Waals surface area (Å²) in [6, 6.07) is 13.6. The zero-order valence-electron chi connectivity index (χ0n) is 16.1. The Bertz CT molecular complexity index is 1080. The Balaban J connectivity index is 1.81. The topological polar surface area (TPSA) is 104 Å². The van der Waals surface area contributed by atoms with Crippen LogP contribution in [0.1, 0.15) is 12.8 Å². The Morgan fingerprint density at radius 3 is 1.90 bits per heavy atom. The van der Waals surface area contributed by atoms with Crippen LogP contribution < -0.4 is 5.32 Å².